The summed E-state index contributed by atoms with van der Waals surface area (Å²) in [7, 11) is 2.22. The molecule has 2 nitrogen and oxygen atoms in total. The molecule has 0 spiro atoms. The highest BCUT2D eigenvalue weighted by Crippen LogP contribution is 2.29. The molecule has 0 radical (unpaired) electrons. The average Bonchev–Trinajstić information content (AvgIpc) is 2.69. The summed E-state index contributed by atoms with van der Waals surface area (Å²) in [4.78, 5) is 3.84. The van der Waals surface area contributed by atoms with E-state index in [-0.39, 0.29) is 0 Å². The van der Waals surface area contributed by atoms with E-state index >= 15 is 0 Å². The number of rotatable bonds is 4. The summed E-state index contributed by atoms with van der Waals surface area (Å²) in [5.74, 6) is 0. The fraction of sp³-hybridized carbons (Fsp3) is 0.692. The van der Waals surface area contributed by atoms with Gasteiger partial charge in [-0.15, -0.1) is 11.3 Å². The van der Waals surface area contributed by atoms with E-state index in [9.17, 15) is 0 Å². The molecule has 0 aromatic carbocycles. The summed E-state index contributed by atoms with van der Waals surface area (Å²) >= 11 is 5.32. The van der Waals surface area contributed by atoms with Crippen LogP contribution in [0.4, 0.5) is 0 Å². The van der Waals surface area contributed by atoms with Crippen LogP contribution in [0.1, 0.15) is 24.6 Å². The summed E-state index contributed by atoms with van der Waals surface area (Å²) in [5, 5.41) is 3.61. The van der Waals surface area contributed by atoms with Crippen molar-refractivity contribution in [2.75, 3.05) is 26.7 Å². The van der Waals surface area contributed by atoms with Crippen LogP contribution in [0.15, 0.2) is 15.9 Å². The molecule has 1 saturated heterocycles. The van der Waals surface area contributed by atoms with Gasteiger partial charge in [-0.3, -0.25) is 0 Å². The summed E-state index contributed by atoms with van der Waals surface area (Å²) in [6.45, 7) is 7.03. The molecule has 1 fully saturated rings. The van der Waals surface area contributed by atoms with Crippen LogP contribution in [0.2, 0.25) is 0 Å². The fourth-order valence-electron chi connectivity index (χ4n) is 2.27. The summed E-state index contributed by atoms with van der Waals surface area (Å²) in [6.07, 6.45) is 2.62. The Balaban J connectivity index is 1.74. The lowest BCUT2D eigenvalue weighted by Crippen LogP contribution is -2.41. The first-order valence-electron chi connectivity index (χ1n) is 6.21. The molecule has 2 rings (SSSR count). The summed E-state index contributed by atoms with van der Waals surface area (Å²) in [6, 6.07) is 4.32. The minimum absolute atomic E-state index is 0.487. The van der Waals surface area contributed by atoms with Crippen LogP contribution in [0.25, 0.3) is 0 Å². The first-order valence-corrected chi connectivity index (χ1v) is 7.82. The van der Waals surface area contributed by atoms with E-state index < -0.39 is 0 Å². The molecule has 1 aliphatic rings. The van der Waals surface area contributed by atoms with Gasteiger partial charge in [0, 0.05) is 18.0 Å². The Kier molecular flexibility index (Phi) is 4.64. The van der Waals surface area contributed by atoms with E-state index in [4.69, 9.17) is 0 Å². The van der Waals surface area contributed by atoms with Gasteiger partial charge in [0.25, 0.3) is 0 Å². The Bertz CT molecular complexity index is 356. The van der Waals surface area contributed by atoms with Gasteiger partial charge in [-0.1, -0.05) is 6.92 Å². The van der Waals surface area contributed by atoms with Gasteiger partial charge in [-0.05, 0) is 66.5 Å². The Morgan fingerprint density at radius 3 is 2.71 bits per heavy atom. The summed E-state index contributed by atoms with van der Waals surface area (Å²) in [5.41, 5.74) is 0.487. The number of likely N-dealkylation sites (tertiary alicyclic amines) is 1. The molecule has 0 bridgehead atoms. The van der Waals surface area contributed by atoms with Gasteiger partial charge in [-0.2, -0.15) is 0 Å². The van der Waals surface area contributed by atoms with Crippen LogP contribution >= 0.6 is 27.3 Å². The normalized spacial score (nSPS) is 20.6. The van der Waals surface area contributed by atoms with Crippen molar-refractivity contribution in [1.82, 2.24) is 10.2 Å². The first kappa shape index (κ1) is 13.5. The molecule has 1 N–H and O–H groups in total. The van der Waals surface area contributed by atoms with Gasteiger partial charge in [0.1, 0.15) is 0 Å². The molecule has 0 unspecified atom stereocenters. The number of nitrogens with zero attached hydrogens (tertiary/aromatic N) is 1. The molecule has 0 aliphatic carbocycles. The molecule has 1 aliphatic heterocycles. The number of hydrogen-bond donors (Lipinski definition) is 1. The minimum atomic E-state index is 0.487. The van der Waals surface area contributed by atoms with Crippen molar-refractivity contribution in [3.8, 4) is 0 Å². The molecule has 1 aromatic heterocycles. The standard InChI is InChI=1S/C13H21BrN2S/c1-13(5-7-16(2)8-6-13)10-15-9-11-3-4-12(14)17-11/h3-4,15H,5-10H2,1-2H3. The minimum Gasteiger partial charge on any atom is -0.311 e. The van der Waals surface area contributed by atoms with Gasteiger partial charge >= 0.3 is 0 Å². The van der Waals surface area contributed by atoms with Crippen LogP contribution in [-0.2, 0) is 6.54 Å². The Morgan fingerprint density at radius 2 is 2.12 bits per heavy atom. The van der Waals surface area contributed by atoms with Crippen molar-refractivity contribution in [2.45, 2.75) is 26.3 Å². The zero-order chi connectivity index (χ0) is 12.3. The van der Waals surface area contributed by atoms with E-state index in [0.717, 1.165) is 13.1 Å². The highest BCUT2D eigenvalue weighted by molar-refractivity contribution is 9.11. The van der Waals surface area contributed by atoms with Crippen LogP contribution in [0.3, 0.4) is 0 Å². The smallest absolute Gasteiger partial charge is 0.0701 e. The average molecular weight is 317 g/mol. The van der Waals surface area contributed by atoms with Gasteiger partial charge in [0.05, 0.1) is 3.79 Å². The topological polar surface area (TPSA) is 15.3 Å². The number of thiophene rings is 1. The van der Waals surface area contributed by atoms with E-state index in [2.05, 4.69) is 52.3 Å². The molecule has 1 aromatic rings. The Morgan fingerprint density at radius 1 is 1.41 bits per heavy atom. The van der Waals surface area contributed by atoms with Crippen molar-refractivity contribution in [2.24, 2.45) is 5.41 Å². The Labute approximate surface area is 117 Å². The maximum Gasteiger partial charge on any atom is 0.0701 e. The van der Waals surface area contributed by atoms with Crippen molar-refractivity contribution >= 4 is 27.3 Å². The van der Waals surface area contributed by atoms with E-state index in [1.165, 1.54) is 34.6 Å². The largest absolute Gasteiger partial charge is 0.311 e. The monoisotopic (exact) mass is 316 g/mol. The number of hydrogen-bond acceptors (Lipinski definition) is 3. The van der Waals surface area contributed by atoms with Gasteiger partial charge in [0.2, 0.25) is 0 Å². The molecule has 0 amide bonds. The second-order valence-corrected chi connectivity index (χ2v) is 7.97. The van der Waals surface area contributed by atoms with Gasteiger partial charge in [0.15, 0.2) is 0 Å². The Hall–Kier alpha value is 0.1000. The number of piperidine rings is 1. The molecule has 17 heavy (non-hydrogen) atoms. The molecular formula is C13H21BrN2S. The summed E-state index contributed by atoms with van der Waals surface area (Å²) < 4.78 is 1.22. The second kappa shape index (κ2) is 5.83. The van der Waals surface area contributed by atoms with Crippen molar-refractivity contribution in [3.05, 3.63) is 20.8 Å². The molecule has 0 saturated carbocycles. The van der Waals surface area contributed by atoms with E-state index in [0.29, 0.717) is 5.41 Å². The fourth-order valence-corrected chi connectivity index (χ4v) is 3.72. The van der Waals surface area contributed by atoms with E-state index in [1.807, 2.05) is 11.3 Å². The lowest BCUT2D eigenvalue weighted by atomic mass is 9.80. The zero-order valence-corrected chi connectivity index (χ0v) is 13.0. The highest BCUT2D eigenvalue weighted by atomic mass is 79.9. The van der Waals surface area contributed by atoms with Gasteiger partial charge < -0.3 is 10.2 Å². The predicted octanol–water partition coefficient (Wildman–Crippen LogP) is 3.33. The SMILES string of the molecule is CN1CCC(C)(CNCc2ccc(Br)s2)CC1. The van der Waals surface area contributed by atoms with Crippen molar-refractivity contribution in [1.29, 1.82) is 0 Å². The number of nitrogens with one attached hydrogen (secondary N) is 1. The zero-order valence-electron chi connectivity index (χ0n) is 10.6. The van der Waals surface area contributed by atoms with Crippen LogP contribution < -0.4 is 5.32 Å². The van der Waals surface area contributed by atoms with E-state index in [1.54, 1.807) is 0 Å². The molecule has 2 heterocycles. The maximum absolute atomic E-state index is 3.61. The predicted molar refractivity (Wildman–Crippen MR) is 78.6 cm³/mol. The van der Waals surface area contributed by atoms with Gasteiger partial charge in [-0.25, -0.2) is 0 Å². The highest BCUT2D eigenvalue weighted by Gasteiger charge is 2.28. The lowest BCUT2D eigenvalue weighted by molar-refractivity contribution is 0.137. The van der Waals surface area contributed by atoms with Crippen LogP contribution in [0, 0.1) is 5.41 Å². The lowest BCUT2D eigenvalue weighted by Gasteiger charge is -2.38. The van der Waals surface area contributed by atoms with Crippen molar-refractivity contribution in [3.63, 3.8) is 0 Å². The third-order valence-corrected chi connectivity index (χ3v) is 5.30. The maximum atomic E-state index is 3.61. The second-order valence-electron chi connectivity index (χ2n) is 5.42. The molecule has 4 heteroatoms. The third-order valence-electron chi connectivity index (χ3n) is 3.67. The first-order chi connectivity index (χ1) is 8.07. The quantitative estimate of drug-likeness (QED) is 0.916. The third kappa shape index (κ3) is 4.05. The molecule has 0 atom stereocenters. The van der Waals surface area contributed by atoms with Crippen molar-refractivity contribution < 1.29 is 0 Å². The van der Waals surface area contributed by atoms with Crippen LogP contribution in [0.5, 0.6) is 0 Å². The number of halogens is 1. The molecule has 96 valence electrons. The molecular weight excluding hydrogens is 296 g/mol. The van der Waals surface area contributed by atoms with Crippen LogP contribution in [-0.4, -0.2) is 31.6 Å².